The van der Waals surface area contributed by atoms with Crippen LogP contribution in [0.3, 0.4) is 0 Å². The Morgan fingerprint density at radius 1 is 0.913 bits per heavy atom. The molecule has 3 amide bonds. The Bertz CT molecular complexity index is 1420. The van der Waals surface area contributed by atoms with Crippen LogP contribution in [0.5, 0.6) is 11.5 Å². The van der Waals surface area contributed by atoms with E-state index in [-0.39, 0.29) is 23.6 Å². The molecular formula is C39H49N3O4. The van der Waals surface area contributed by atoms with Gasteiger partial charge in [0.05, 0.1) is 0 Å². The Morgan fingerprint density at radius 2 is 1.63 bits per heavy atom. The normalized spacial score (nSPS) is 16.6. The number of carbonyl (C=O) groups excluding carboxylic acids is 3. The summed E-state index contributed by atoms with van der Waals surface area (Å²) in [6, 6.07) is 26.7. The number of para-hydroxylation sites is 1. The minimum absolute atomic E-state index is 0.0777. The number of ether oxygens (including phenoxy) is 1. The lowest BCUT2D eigenvalue weighted by Gasteiger charge is -2.30. The summed E-state index contributed by atoms with van der Waals surface area (Å²) in [7, 11) is 0. The van der Waals surface area contributed by atoms with Crippen molar-refractivity contribution in [2.45, 2.75) is 71.9 Å². The van der Waals surface area contributed by atoms with Crippen LogP contribution in [0.2, 0.25) is 0 Å². The van der Waals surface area contributed by atoms with E-state index in [2.05, 4.69) is 24.5 Å². The summed E-state index contributed by atoms with van der Waals surface area (Å²) in [6.07, 6.45) is 8.15. The Morgan fingerprint density at radius 3 is 2.35 bits per heavy atom. The molecule has 0 radical (unpaired) electrons. The molecule has 0 aliphatic carbocycles. The second kappa shape index (κ2) is 17.9. The van der Waals surface area contributed by atoms with Gasteiger partial charge in [-0.1, -0.05) is 100 Å². The molecule has 7 nitrogen and oxygen atoms in total. The maximum Gasteiger partial charge on any atom is 0.245 e. The zero-order valence-electron chi connectivity index (χ0n) is 27.5. The zero-order chi connectivity index (χ0) is 32.7. The molecule has 3 aromatic carbocycles. The highest BCUT2D eigenvalue weighted by Crippen LogP contribution is 2.27. The average Bonchev–Trinajstić information content (AvgIpc) is 3.22. The summed E-state index contributed by atoms with van der Waals surface area (Å²) >= 11 is 0. The monoisotopic (exact) mass is 623 g/mol. The molecule has 46 heavy (non-hydrogen) atoms. The number of hydrogen-bond acceptors (Lipinski definition) is 4. The molecule has 244 valence electrons. The number of hydrogen-bond donors (Lipinski definition) is 2. The summed E-state index contributed by atoms with van der Waals surface area (Å²) in [5.74, 6) is 0.286. The van der Waals surface area contributed by atoms with Gasteiger partial charge < -0.3 is 20.3 Å². The van der Waals surface area contributed by atoms with Crippen LogP contribution in [0.25, 0.3) is 6.08 Å². The first-order valence-corrected chi connectivity index (χ1v) is 16.7. The first kappa shape index (κ1) is 34.5. The fourth-order valence-electron chi connectivity index (χ4n) is 6.06. The van der Waals surface area contributed by atoms with Gasteiger partial charge in [0.25, 0.3) is 0 Å². The topological polar surface area (TPSA) is 87.7 Å². The second-order valence-electron chi connectivity index (χ2n) is 12.6. The minimum atomic E-state index is -0.618. The lowest BCUT2D eigenvalue weighted by atomic mass is 9.81. The molecule has 0 aromatic heterocycles. The lowest BCUT2D eigenvalue weighted by molar-refractivity contribution is -0.140. The standard InChI is InChI=1S/C39H49N3O4/c1-4-15-34(37(43)40-24-14-19-30-16-7-5-8-17-30)35(26-29(2)3)38(44)41-36-23-11-12-25-42(39(36)45)28-31-18-13-22-33(27-31)46-32-20-9-6-10-21-32/h5-10,13-14,16-22,27,29,34-36H,4,11-12,15,23-26,28H2,1-3H3,(H,40,43)(H,41,44)/b19-14+. The molecule has 1 heterocycles. The highest BCUT2D eigenvalue weighted by atomic mass is 16.5. The van der Waals surface area contributed by atoms with Crippen LogP contribution < -0.4 is 15.4 Å². The van der Waals surface area contributed by atoms with Crippen LogP contribution in [0, 0.1) is 17.8 Å². The molecule has 1 aliphatic rings. The van der Waals surface area contributed by atoms with Gasteiger partial charge >= 0.3 is 0 Å². The van der Waals surface area contributed by atoms with Crippen LogP contribution in [-0.2, 0) is 20.9 Å². The Balaban J connectivity index is 1.41. The van der Waals surface area contributed by atoms with Gasteiger partial charge in [0.1, 0.15) is 17.5 Å². The van der Waals surface area contributed by atoms with E-state index in [1.807, 2.05) is 109 Å². The van der Waals surface area contributed by atoms with Crippen LogP contribution in [0.1, 0.15) is 70.4 Å². The van der Waals surface area contributed by atoms with Crippen molar-refractivity contribution in [1.29, 1.82) is 0 Å². The fraction of sp³-hybridized carbons (Fsp3) is 0.410. The van der Waals surface area contributed by atoms with Crippen molar-refractivity contribution in [2.75, 3.05) is 13.1 Å². The molecule has 0 saturated carbocycles. The van der Waals surface area contributed by atoms with Crippen LogP contribution >= 0.6 is 0 Å². The molecular weight excluding hydrogens is 574 g/mol. The summed E-state index contributed by atoms with van der Waals surface area (Å²) < 4.78 is 6.01. The first-order chi connectivity index (χ1) is 22.3. The van der Waals surface area contributed by atoms with Crippen molar-refractivity contribution in [1.82, 2.24) is 15.5 Å². The fourth-order valence-corrected chi connectivity index (χ4v) is 6.06. The van der Waals surface area contributed by atoms with E-state index in [0.717, 1.165) is 36.1 Å². The van der Waals surface area contributed by atoms with Gasteiger partial charge in [-0.15, -0.1) is 0 Å². The van der Waals surface area contributed by atoms with Crippen molar-refractivity contribution in [3.8, 4) is 11.5 Å². The number of carbonyl (C=O) groups is 3. The SMILES string of the molecule is CCCC(C(=O)NC/C=C/c1ccccc1)C(CC(C)C)C(=O)NC1CCCCN(Cc2cccc(Oc3ccccc3)c2)C1=O. The molecule has 3 unspecified atom stereocenters. The van der Waals surface area contributed by atoms with Gasteiger partial charge in [-0.2, -0.15) is 0 Å². The minimum Gasteiger partial charge on any atom is -0.457 e. The first-order valence-electron chi connectivity index (χ1n) is 16.7. The Kier molecular flexibility index (Phi) is 13.4. The van der Waals surface area contributed by atoms with Gasteiger partial charge in [-0.25, -0.2) is 0 Å². The molecule has 0 spiro atoms. The number of benzene rings is 3. The molecule has 1 saturated heterocycles. The summed E-state index contributed by atoms with van der Waals surface area (Å²) in [6.45, 7) is 7.62. The van der Waals surface area contributed by atoms with E-state index in [1.54, 1.807) is 0 Å². The van der Waals surface area contributed by atoms with Gasteiger partial charge in [-0.05, 0) is 73.4 Å². The zero-order valence-corrected chi connectivity index (χ0v) is 27.5. The largest absolute Gasteiger partial charge is 0.457 e. The molecule has 3 atom stereocenters. The summed E-state index contributed by atoms with van der Waals surface area (Å²) in [4.78, 5) is 43.1. The summed E-state index contributed by atoms with van der Waals surface area (Å²) in [5, 5.41) is 6.14. The predicted molar refractivity (Wildman–Crippen MR) is 184 cm³/mol. The third-order valence-corrected chi connectivity index (χ3v) is 8.34. The van der Waals surface area contributed by atoms with Crippen molar-refractivity contribution >= 4 is 23.8 Å². The van der Waals surface area contributed by atoms with E-state index in [9.17, 15) is 14.4 Å². The van der Waals surface area contributed by atoms with Gasteiger partial charge in [0.15, 0.2) is 0 Å². The number of amides is 3. The molecule has 3 aromatic rings. The van der Waals surface area contributed by atoms with Gasteiger partial charge in [0.2, 0.25) is 17.7 Å². The van der Waals surface area contributed by atoms with E-state index in [1.165, 1.54) is 0 Å². The van der Waals surface area contributed by atoms with Crippen LogP contribution in [-0.4, -0.2) is 41.8 Å². The van der Waals surface area contributed by atoms with Gasteiger partial charge in [0, 0.05) is 31.5 Å². The van der Waals surface area contributed by atoms with Crippen LogP contribution in [0.15, 0.2) is 91.0 Å². The maximum absolute atomic E-state index is 13.9. The lowest BCUT2D eigenvalue weighted by Crippen LogP contribution is -2.51. The summed E-state index contributed by atoms with van der Waals surface area (Å²) in [5.41, 5.74) is 2.03. The van der Waals surface area contributed by atoms with Crippen molar-refractivity contribution < 1.29 is 19.1 Å². The molecule has 4 rings (SSSR count). The Labute approximate surface area is 274 Å². The van der Waals surface area contributed by atoms with E-state index >= 15 is 0 Å². The highest BCUT2D eigenvalue weighted by Gasteiger charge is 2.36. The second-order valence-corrected chi connectivity index (χ2v) is 12.6. The molecule has 1 fully saturated rings. The predicted octanol–water partition coefficient (Wildman–Crippen LogP) is 7.38. The van der Waals surface area contributed by atoms with Crippen molar-refractivity contribution in [2.24, 2.45) is 17.8 Å². The quantitative estimate of drug-likeness (QED) is 0.185. The molecule has 0 bridgehead atoms. The highest BCUT2D eigenvalue weighted by molar-refractivity contribution is 5.91. The van der Waals surface area contributed by atoms with E-state index < -0.39 is 17.9 Å². The maximum atomic E-state index is 13.9. The van der Waals surface area contributed by atoms with E-state index in [0.29, 0.717) is 44.6 Å². The number of likely N-dealkylation sites (tertiary alicyclic amines) is 1. The van der Waals surface area contributed by atoms with Gasteiger partial charge in [-0.3, -0.25) is 14.4 Å². The number of nitrogens with zero attached hydrogens (tertiary/aromatic N) is 1. The smallest absolute Gasteiger partial charge is 0.245 e. The third-order valence-electron chi connectivity index (χ3n) is 8.34. The Hall–Kier alpha value is -4.39. The number of nitrogens with one attached hydrogen (secondary N) is 2. The molecule has 2 N–H and O–H groups in total. The number of rotatable bonds is 15. The molecule has 1 aliphatic heterocycles. The van der Waals surface area contributed by atoms with Crippen molar-refractivity contribution in [3.05, 3.63) is 102 Å². The molecule has 7 heteroatoms. The third kappa shape index (κ3) is 10.6. The van der Waals surface area contributed by atoms with Crippen LogP contribution in [0.4, 0.5) is 0 Å². The average molecular weight is 624 g/mol. The van der Waals surface area contributed by atoms with Crippen molar-refractivity contribution in [3.63, 3.8) is 0 Å². The van der Waals surface area contributed by atoms with E-state index in [4.69, 9.17) is 4.74 Å².